The van der Waals surface area contributed by atoms with E-state index in [1.807, 2.05) is 0 Å². The summed E-state index contributed by atoms with van der Waals surface area (Å²) >= 11 is 3.11. The highest BCUT2D eigenvalue weighted by molar-refractivity contribution is 9.10. The molecule has 0 aliphatic rings. The van der Waals surface area contributed by atoms with Crippen molar-refractivity contribution in [2.75, 3.05) is 7.11 Å². The van der Waals surface area contributed by atoms with Gasteiger partial charge in [-0.1, -0.05) is 15.9 Å². The number of rotatable bonds is 2. The number of benzene rings is 1. The Morgan fingerprint density at radius 3 is 2.71 bits per heavy atom. The molecule has 0 aliphatic heterocycles. The molecule has 0 fully saturated rings. The topological polar surface area (TPSA) is 69.4 Å². The number of hydrogen-bond acceptors (Lipinski definition) is 4. The van der Waals surface area contributed by atoms with Gasteiger partial charge in [0.15, 0.2) is 0 Å². The van der Waals surface area contributed by atoms with Crippen LogP contribution in [0.3, 0.4) is 0 Å². The first-order valence-corrected chi connectivity index (χ1v) is 4.38. The second-order valence-electron chi connectivity index (χ2n) is 2.41. The van der Waals surface area contributed by atoms with Crippen molar-refractivity contribution in [3.8, 4) is 0 Å². The van der Waals surface area contributed by atoms with Gasteiger partial charge in [-0.25, -0.2) is 4.79 Å². The molecule has 14 heavy (non-hydrogen) atoms. The van der Waals surface area contributed by atoms with E-state index in [0.29, 0.717) is 4.47 Å². The van der Waals surface area contributed by atoms with Gasteiger partial charge in [0.2, 0.25) is 0 Å². The van der Waals surface area contributed by atoms with Crippen molar-refractivity contribution >= 4 is 27.6 Å². The molecule has 0 amide bonds. The Hall–Kier alpha value is -1.43. The first-order chi connectivity index (χ1) is 6.56. The lowest BCUT2D eigenvalue weighted by molar-refractivity contribution is -0.385. The molecular formula is C8H6BrNO4. The Kier molecular flexibility index (Phi) is 3.19. The number of nitrogens with zero attached hydrogens (tertiary/aromatic N) is 1. The summed E-state index contributed by atoms with van der Waals surface area (Å²) in [7, 11) is 1.17. The lowest BCUT2D eigenvalue weighted by Crippen LogP contribution is -2.05. The number of carbonyl (C=O) groups excluding carboxylic acids is 1. The molecule has 1 aromatic rings. The van der Waals surface area contributed by atoms with Crippen LogP contribution in [0.4, 0.5) is 5.69 Å². The Morgan fingerprint density at radius 1 is 1.57 bits per heavy atom. The van der Waals surface area contributed by atoms with Crippen LogP contribution in [0.2, 0.25) is 0 Å². The average molecular weight is 260 g/mol. The number of halogens is 1. The van der Waals surface area contributed by atoms with Crippen LogP contribution in [0, 0.1) is 10.1 Å². The van der Waals surface area contributed by atoms with Gasteiger partial charge in [-0.2, -0.15) is 0 Å². The third-order valence-corrected chi connectivity index (χ3v) is 2.05. The van der Waals surface area contributed by atoms with E-state index in [-0.39, 0.29) is 11.3 Å². The number of carbonyl (C=O) groups is 1. The molecule has 0 saturated carbocycles. The fourth-order valence-electron chi connectivity index (χ4n) is 0.941. The fourth-order valence-corrected chi connectivity index (χ4v) is 1.30. The second-order valence-corrected chi connectivity index (χ2v) is 3.33. The van der Waals surface area contributed by atoms with Crippen molar-refractivity contribution in [2.24, 2.45) is 0 Å². The normalized spacial score (nSPS) is 9.57. The summed E-state index contributed by atoms with van der Waals surface area (Å²) in [5.74, 6) is -0.724. The number of nitro benzene ring substituents is 1. The molecule has 1 rings (SSSR count). The first-order valence-electron chi connectivity index (χ1n) is 3.58. The van der Waals surface area contributed by atoms with Crippen molar-refractivity contribution in [2.45, 2.75) is 0 Å². The maximum Gasteiger partial charge on any atom is 0.344 e. The van der Waals surface area contributed by atoms with E-state index < -0.39 is 10.9 Å². The van der Waals surface area contributed by atoms with E-state index in [2.05, 4.69) is 20.7 Å². The maximum atomic E-state index is 11.1. The zero-order chi connectivity index (χ0) is 10.7. The summed E-state index contributed by atoms with van der Waals surface area (Å²) in [6.45, 7) is 0. The van der Waals surface area contributed by atoms with Crippen LogP contribution >= 0.6 is 15.9 Å². The van der Waals surface area contributed by atoms with Crippen LogP contribution in [0.1, 0.15) is 10.4 Å². The van der Waals surface area contributed by atoms with Crippen LogP contribution in [-0.2, 0) is 4.74 Å². The lowest BCUT2D eigenvalue weighted by Gasteiger charge is -2.00. The molecule has 0 saturated heterocycles. The lowest BCUT2D eigenvalue weighted by atomic mass is 10.2. The van der Waals surface area contributed by atoms with Crippen molar-refractivity contribution in [1.29, 1.82) is 0 Å². The van der Waals surface area contributed by atoms with Gasteiger partial charge in [-0.15, -0.1) is 0 Å². The van der Waals surface area contributed by atoms with E-state index in [0.717, 1.165) is 0 Å². The Labute approximate surface area is 88.0 Å². The summed E-state index contributed by atoms with van der Waals surface area (Å²) in [6.07, 6.45) is 0. The highest BCUT2D eigenvalue weighted by atomic mass is 79.9. The zero-order valence-corrected chi connectivity index (χ0v) is 8.78. The fraction of sp³-hybridized carbons (Fsp3) is 0.125. The zero-order valence-electron chi connectivity index (χ0n) is 7.19. The molecule has 0 N–H and O–H groups in total. The van der Waals surface area contributed by atoms with Gasteiger partial charge in [0.05, 0.1) is 12.0 Å². The molecule has 74 valence electrons. The predicted molar refractivity (Wildman–Crippen MR) is 52.1 cm³/mol. The highest BCUT2D eigenvalue weighted by Gasteiger charge is 2.20. The van der Waals surface area contributed by atoms with E-state index >= 15 is 0 Å². The van der Waals surface area contributed by atoms with Crippen molar-refractivity contribution < 1.29 is 14.5 Å². The van der Waals surface area contributed by atoms with Crippen LogP contribution < -0.4 is 0 Å². The highest BCUT2D eigenvalue weighted by Crippen LogP contribution is 2.23. The monoisotopic (exact) mass is 259 g/mol. The Balaban J connectivity index is 3.29. The number of hydrogen-bond donors (Lipinski definition) is 0. The van der Waals surface area contributed by atoms with Gasteiger partial charge in [0.1, 0.15) is 5.56 Å². The van der Waals surface area contributed by atoms with Gasteiger partial charge in [0.25, 0.3) is 5.69 Å². The minimum atomic E-state index is -0.724. The second kappa shape index (κ2) is 4.19. The van der Waals surface area contributed by atoms with Crippen molar-refractivity contribution in [1.82, 2.24) is 0 Å². The quantitative estimate of drug-likeness (QED) is 0.464. The molecular weight excluding hydrogens is 254 g/mol. The minimum absolute atomic E-state index is 0.0631. The van der Waals surface area contributed by atoms with Gasteiger partial charge < -0.3 is 4.74 Å². The van der Waals surface area contributed by atoms with E-state index in [1.165, 1.54) is 25.3 Å². The molecule has 5 nitrogen and oxygen atoms in total. The molecule has 0 atom stereocenters. The molecule has 0 aliphatic carbocycles. The number of methoxy groups -OCH3 is 1. The Morgan fingerprint density at radius 2 is 2.21 bits per heavy atom. The molecule has 0 unspecified atom stereocenters. The SMILES string of the molecule is COC(=O)c1cc(Br)ccc1[N+](=O)[O-]. The predicted octanol–water partition coefficient (Wildman–Crippen LogP) is 2.14. The summed E-state index contributed by atoms with van der Waals surface area (Å²) in [5.41, 5.74) is -0.327. The van der Waals surface area contributed by atoms with Crippen LogP contribution in [0.25, 0.3) is 0 Å². The van der Waals surface area contributed by atoms with E-state index in [1.54, 1.807) is 0 Å². The molecule has 0 spiro atoms. The summed E-state index contributed by atoms with van der Waals surface area (Å²) in [5, 5.41) is 10.5. The van der Waals surface area contributed by atoms with Crippen LogP contribution in [0.5, 0.6) is 0 Å². The number of nitro groups is 1. The third-order valence-electron chi connectivity index (χ3n) is 1.56. The van der Waals surface area contributed by atoms with E-state index in [9.17, 15) is 14.9 Å². The Bertz CT molecular complexity index is 391. The van der Waals surface area contributed by atoms with Crippen LogP contribution in [0.15, 0.2) is 22.7 Å². The van der Waals surface area contributed by atoms with Gasteiger partial charge >= 0.3 is 5.97 Å². The number of esters is 1. The van der Waals surface area contributed by atoms with Crippen molar-refractivity contribution in [3.63, 3.8) is 0 Å². The molecule has 1 aromatic carbocycles. The molecule has 0 aromatic heterocycles. The number of ether oxygens (including phenoxy) is 1. The van der Waals surface area contributed by atoms with Crippen molar-refractivity contribution in [3.05, 3.63) is 38.3 Å². The largest absolute Gasteiger partial charge is 0.465 e. The molecule has 0 bridgehead atoms. The summed E-state index contributed by atoms with van der Waals surface area (Å²) in [6, 6.07) is 4.09. The standard InChI is InChI=1S/C8H6BrNO4/c1-14-8(11)6-4-5(9)2-3-7(6)10(12)13/h2-4H,1H3. The van der Waals surface area contributed by atoms with Gasteiger partial charge in [-0.05, 0) is 12.1 Å². The van der Waals surface area contributed by atoms with E-state index in [4.69, 9.17) is 0 Å². The summed E-state index contributed by atoms with van der Waals surface area (Å²) < 4.78 is 5.00. The molecule has 6 heteroatoms. The minimum Gasteiger partial charge on any atom is -0.465 e. The first kappa shape index (κ1) is 10.6. The van der Waals surface area contributed by atoms with Gasteiger partial charge in [-0.3, -0.25) is 10.1 Å². The average Bonchev–Trinajstić information content (AvgIpc) is 2.16. The van der Waals surface area contributed by atoms with Gasteiger partial charge in [0, 0.05) is 10.5 Å². The maximum absolute atomic E-state index is 11.1. The van der Waals surface area contributed by atoms with Crippen LogP contribution in [-0.4, -0.2) is 18.0 Å². The summed E-state index contributed by atoms with van der Waals surface area (Å²) in [4.78, 5) is 21.1. The molecule has 0 heterocycles. The smallest absolute Gasteiger partial charge is 0.344 e. The third kappa shape index (κ3) is 2.08. The molecule has 0 radical (unpaired) electrons.